The summed E-state index contributed by atoms with van der Waals surface area (Å²) >= 11 is 0. The molecule has 0 unspecified atom stereocenters. The van der Waals surface area contributed by atoms with E-state index in [9.17, 15) is 22.4 Å². The van der Waals surface area contributed by atoms with Gasteiger partial charge in [0.2, 0.25) is 17.7 Å². The van der Waals surface area contributed by atoms with Crippen molar-refractivity contribution in [2.24, 2.45) is 5.92 Å². The number of benzene rings is 3. The molecule has 11 heteroatoms. The van der Waals surface area contributed by atoms with Gasteiger partial charge in [-0.1, -0.05) is 93.9 Å². The average Bonchev–Trinajstić information content (AvgIpc) is 3.39. The number of aromatic nitrogens is 1. The number of unbranched alkanes of at least 4 members (excludes halogenated alkanes) is 1. The lowest BCUT2D eigenvalue weighted by molar-refractivity contribution is -0.149. The summed E-state index contributed by atoms with van der Waals surface area (Å²) in [7, 11) is -4.02. The van der Waals surface area contributed by atoms with Crippen LogP contribution in [0.15, 0.2) is 82.2 Å². The smallest absolute Gasteiger partial charge is 0.264 e. The van der Waals surface area contributed by atoms with Gasteiger partial charge in [-0.05, 0) is 67.5 Å². The Morgan fingerprint density at radius 3 is 2.12 bits per heavy atom. The Bertz CT molecular complexity index is 1820. The van der Waals surface area contributed by atoms with Gasteiger partial charge in [0, 0.05) is 37.2 Å². The van der Waals surface area contributed by atoms with E-state index in [2.05, 4.69) is 9.88 Å². The normalized spacial score (nSPS) is 12.2. The number of carbonyl (C=O) groups excluding carboxylic acids is 2. The van der Waals surface area contributed by atoms with Gasteiger partial charge in [0.25, 0.3) is 10.0 Å². The van der Waals surface area contributed by atoms with Gasteiger partial charge < -0.3 is 14.3 Å². The second kappa shape index (κ2) is 16.7. The molecule has 0 aliphatic rings. The maximum Gasteiger partial charge on any atom is 0.264 e. The van der Waals surface area contributed by atoms with E-state index in [1.165, 1.54) is 18.2 Å². The molecule has 0 radical (unpaired) electrons. The molecule has 4 rings (SSSR count). The predicted molar refractivity (Wildman–Crippen MR) is 189 cm³/mol. The Kier molecular flexibility index (Phi) is 12.7. The molecule has 262 valence electrons. The third-order valence-corrected chi connectivity index (χ3v) is 9.94. The summed E-state index contributed by atoms with van der Waals surface area (Å²) in [6, 6.07) is 19.5. The Labute approximate surface area is 289 Å². The van der Waals surface area contributed by atoms with Crippen LogP contribution in [0.2, 0.25) is 0 Å². The maximum atomic E-state index is 14.3. The van der Waals surface area contributed by atoms with Crippen LogP contribution in [-0.4, -0.2) is 47.8 Å². The lowest BCUT2D eigenvalue weighted by Crippen LogP contribution is -2.53. The van der Waals surface area contributed by atoms with E-state index in [1.807, 2.05) is 52.0 Å². The van der Waals surface area contributed by atoms with Crippen molar-refractivity contribution in [2.45, 2.75) is 91.3 Å². The second-order valence-electron chi connectivity index (χ2n) is 12.7. The molecule has 0 fully saturated rings. The van der Waals surface area contributed by atoms with Gasteiger partial charge in [-0.2, -0.15) is 0 Å². The van der Waals surface area contributed by atoms with Gasteiger partial charge in [-0.3, -0.25) is 9.59 Å². The average molecular weight is 691 g/mol. The second-order valence-corrected chi connectivity index (χ2v) is 14.4. The first-order valence-corrected chi connectivity index (χ1v) is 18.3. The van der Waals surface area contributed by atoms with Crippen molar-refractivity contribution >= 4 is 27.7 Å². The first-order valence-electron chi connectivity index (χ1n) is 16.8. The molecule has 1 heterocycles. The van der Waals surface area contributed by atoms with E-state index in [1.54, 1.807) is 54.0 Å². The maximum absolute atomic E-state index is 14.3. The van der Waals surface area contributed by atoms with Crippen LogP contribution < -0.4 is 4.72 Å². The zero-order valence-corrected chi connectivity index (χ0v) is 30.0. The van der Waals surface area contributed by atoms with Gasteiger partial charge in [-0.15, -0.1) is 0 Å². The molecule has 0 bridgehead atoms. The number of carbonyl (C=O) groups is 2. The van der Waals surface area contributed by atoms with E-state index in [0.717, 1.165) is 24.0 Å². The Balaban J connectivity index is 1.63. The Morgan fingerprint density at radius 1 is 0.898 bits per heavy atom. The number of anilines is 1. The first-order chi connectivity index (χ1) is 23.4. The van der Waals surface area contributed by atoms with Gasteiger partial charge >= 0.3 is 0 Å². The summed E-state index contributed by atoms with van der Waals surface area (Å²) in [4.78, 5) is 31.6. The number of amides is 2. The molecule has 4 aromatic rings. The summed E-state index contributed by atoms with van der Waals surface area (Å²) in [6.07, 6.45) is 2.59. The number of hydrogen-bond acceptors (Lipinski definition) is 6. The molecule has 1 aromatic heterocycles. The quantitative estimate of drug-likeness (QED) is 0.128. The van der Waals surface area contributed by atoms with Crippen LogP contribution >= 0.6 is 0 Å². The Hall–Kier alpha value is -4.51. The highest BCUT2D eigenvalue weighted by molar-refractivity contribution is 7.92. The van der Waals surface area contributed by atoms with Crippen LogP contribution in [-0.2, 0) is 32.7 Å². The van der Waals surface area contributed by atoms with Crippen molar-refractivity contribution in [3.8, 4) is 11.1 Å². The molecule has 1 N–H and O–H groups in total. The first kappa shape index (κ1) is 37.3. The lowest BCUT2D eigenvalue weighted by atomic mass is 9.97. The van der Waals surface area contributed by atoms with Gasteiger partial charge in [0.1, 0.15) is 11.9 Å². The lowest BCUT2D eigenvalue weighted by Gasteiger charge is -2.37. The number of nitrogens with zero attached hydrogens (tertiary/aromatic N) is 3. The SMILES string of the molecule is CCCCC(=O)N(Cc1ccc(-c2ccccc2S(=O)(=O)Nc2onc(C)c2C)cc1)[C@H](C(=O)N(CCC)Cc1ccc(F)cc1)C(C)C. The van der Waals surface area contributed by atoms with E-state index in [0.29, 0.717) is 48.3 Å². The molecular formula is C38H47FN4O5S. The molecule has 3 aromatic carbocycles. The van der Waals surface area contributed by atoms with Crippen molar-refractivity contribution in [2.75, 3.05) is 11.3 Å². The molecule has 1 atom stereocenters. The summed E-state index contributed by atoms with van der Waals surface area (Å²) < 4.78 is 48.2. The molecule has 0 spiro atoms. The molecule has 2 amide bonds. The van der Waals surface area contributed by atoms with E-state index < -0.39 is 16.1 Å². The standard InChI is InChI=1S/C38H47FN4O5S/c1-7-9-14-35(44)43(36(26(3)4)38(45)42(23-8-2)24-29-17-21-32(39)22-18-29)25-30-15-19-31(20-16-30)33-12-10-11-13-34(33)49(46,47)41-37-27(5)28(6)40-48-37/h10-13,15-22,26,36,41H,7-9,14,23-25H2,1-6H3/t36-/m0/s1. The fourth-order valence-corrected chi connectivity index (χ4v) is 7.02. The number of rotatable bonds is 16. The molecule has 0 saturated heterocycles. The van der Waals surface area contributed by atoms with Crippen molar-refractivity contribution in [1.29, 1.82) is 0 Å². The van der Waals surface area contributed by atoms with Crippen LogP contribution in [0.5, 0.6) is 0 Å². The summed E-state index contributed by atoms with van der Waals surface area (Å²) in [5, 5.41) is 3.84. The molecule has 0 aliphatic heterocycles. The highest BCUT2D eigenvalue weighted by atomic mass is 32.2. The largest absolute Gasteiger partial charge is 0.337 e. The zero-order chi connectivity index (χ0) is 35.7. The number of hydrogen-bond donors (Lipinski definition) is 1. The van der Waals surface area contributed by atoms with Gasteiger partial charge in [0.05, 0.1) is 10.6 Å². The summed E-state index contributed by atoms with van der Waals surface area (Å²) in [5.41, 5.74) is 3.99. The van der Waals surface area contributed by atoms with Gasteiger partial charge in [0.15, 0.2) is 0 Å². The van der Waals surface area contributed by atoms with Crippen LogP contribution in [0.25, 0.3) is 11.1 Å². The highest BCUT2D eigenvalue weighted by Gasteiger charge is 2.35. The van der Waals surface area contributed by atoms with Crippen LogP contribution in [0.3, 0.4) is 0 Å². The monoisotopic (exact) mass is 690 g/mol. The summed E-state index contributed by atoms with van der Waals surface area (Å²) in [6.45, 7) is 12.4. The van der Waals surface area contributed by atoms with Gasteiger partial charge in [-0.25, -0.2) is 17.5 Å². The third-order valence-electron chi connectivity index (χ3n) is 8.56. The Morgan fingerprint density at radius 2 is 1.53 bits per heavy atom. The molecule has 0 saturated carbocycles. The zero-order valence-electron chi connectivity index (χ0n) is 29.2. The van der Waals surface area contributed by atoms with E-state index >= 15 is 0 Å². The minimum atomic E-state index is -4.02. The molecule has 9 nitrogen and oxygen atoms in total. The van der Waals surface area contributed by atoms with Crippen LogP contribution in [0, 0.1) is 25.6 Å². The minimum absolute atomic E-state index is 0.0694. The minimum Gasteiger partial charge on any atom is -0.337 e. The summed E-state index contributed by atoms with van der Waals surface area (Å²) in [5.74, 6) is -0.691. The number of nitrogens with one attached hydrogen (secondary N) is 1. The topological polar surface area (TPSA) is 113 Å². The van der Waals surface area contributed by atoms with Crippen molar-refractivity contribution in [1.82, 2.24) is 15.0 Å². The molecule has 0 aliphatic carbocycles. The van der Waals surface area contributed by atoms with Crippen LogP contribution in [0.4, 0.5) is 10.3 Å². The molecular weight excluding hydrogens is 644 g/mol. The fourth-order valence-electron chi connectivity index (χ4n) is 5.74. The van der Waals surface area contributed by atoms with Crippen molar-refractivity contribution in [3.05, 3.63) is 101 Å². The third kappa shape index (κ3) is 9.35. The van der Waals surface area contributed by atoms with Crippen LogP contribution in [0.1, 0.15) is 75.8 Å². The fraction of sp³-hybridized carbons (Fsp3) is 0.395. The number of halogens is 1. The van der Waals surface area contributed by atoms with E-state index in [4.69, 9.17) is 4.52 Å². The number of sulfonamides is 1. The van der Waals surface area contributed by atoms with E-state index in [-0.39, 0.29) is 40.9 Å². The predicted octanol–water partition coefficient (Wildman–Crippen LogP) is 7.88. The highest BCUT2D eigenvalue weighted by Crippen LogP contribution is 2.31. The number of aryl methyl sites for hydroxylation is 1. The van der Waals surface area contributed by atoms with Crippen molar-refractivity contribution < 1.29 is 26.9 Å². The molecule has 49 heavy (non-hydrogen) atoms. The van der Waals surface area contributed by atoms with Crippen molar-refractivity contribution in [3.63, 3.8) is 0 Å².